The van der Waals surface area contributed by atoms with E-state index in [2.05, 4.69) is 14.9 Å². The smallest absolute Gasteiger partial charge is 0.151 e. The van der Waals surface area contributed by atoms with Gasteiger partial charge in [-0.1, -0.05) is 11.6 Å². The average Bonchev–Trinajstić information content (AvgIpc) is 2.25. The second kappa shape index (κ2) is 6.35. The highest BCUT2D eigenvalue weighted by atomic mass is 35.5. The molecule has 4 nitrogen and oxygen atoms in total. The molecule has 0 atom stereocenters. The van der Waals surface area contributed by atoms with Crippen molar-refractivity contribution >= 4 is 24.0 Å². The van der Waals surface area contributed by atoms with Crippen molar-refractivity contribution in [1.29, 1.82) is 0 Å². The summed E-state index contributed by atoms with van der Waals surface area (Å²) in [7, 11) is 0. The maximum Gasteiger partial charge on any atom is 0.151 e. The van der Waals surface area contributed by atoms with Crippen molar-refractivity contribution in [3.8, 4) is 0 Å². The van der Waals surface area contributed by atoms with Crippen LogP contribution in [0.4, 0.5) is 0 Å². The number of hydrogen-bond donors (Lipinski definition) is 1. The molecular weight excluding hydrogens is 247 g/mol. The predicted molar refractivity (Wildman–Crippen MR) is 66.8 cm³/mol. The van der Waals surface area contributed by atoms with Gasteiger partial charge in [0.05, 0.1) is 5.69 Å². The van der Waals surface area contributed by atoms with Crippen LogP contribution in [0.3, 0.4) is 0 Å². The fraction of sp³-hybridized carbons (Fsp3) is 0.600. The maximum atomic E-state index is 5.95. The van der Waals surface area contributed by atoms with E-state index >= 15 is 0 Å². The van der Waals surface area contributed by atoms with Gasteiger partial charge in [-0.2, -0.15) is 0 Å². The number of piperidine rings is 1. The highest BCUT2D eigenvalue weighted by Crippen LogP contribution is 2.15. The van der Waals surface area contributed by atoms with E-state index in [0.717, 1.165) is 38.2 Å². The van der Waals surface area contributed by atoms with Gasteiger partial charge in [0.1, 0.15) is 0 Å². The van der Waals surface area contributed by atoms with Gasteiger partial charge < -0.3 is 5.73 Å². The van der Waals surface area contributed by atoms with Crippen LogP contribution in [0, 0.1) is 0 Å². The SMILES string of the molecule is Cl.NC1CCN(Cc2nccnc2Cl)CC1. The molecule has 1 aliphatic heterocycles. The molecule has 1 fully saturated rings. The number of nitrogens with zero attached hydrogens (tertiary/aromatic N) is 3. The zero-order valence-electron chi connectivity index (χ0n) is 8.97. The maximum absolute atomic E-state index is 5.95. The minimum Gasteiger partial charge on any atom is -0.328 e. The van der Waals surface area contributed by atoms with Crippen molar-refractivity contribution in [2.45, 2.75) is 25.4 Å². The third kappa shape index (κ3) is 3.56. The minimum atomic E-state index is 0. The summed E-state index contributed by atoms with van der Waals surface area (Å²) in [5, 5.41) is 0.507. The van der Waals surface area contributed by atoms with Crippen LogP contribution in [0.15, 0.2) is 12.4 Å². The number of hydrogen-bond acceptors (Lipinski definition) is 4. The quantitative estimate of drug-likeness (QED) is 0.878. The van der Waals surface area contributed by atoms with Gasteiger partial charge in [0.25, 0.3) is 0 Å². The van der Waals surface area contributed by atoms with Crippen molar-refractivity contribution in [3.05, 3.63) is 23.2 Å². The van der Waals surface area contributed by atoms with Crippen LogP contribution in [-0.4, -0.2) is 34.0 Å². The highest BCUT2D eigenvalue weighted by Gasteiger charge is 2.17. The summed E-state index contributed by atoms with van der Waals surface area (Å²) in [5.41, 5.74) is 6.70. The zero-order valence-corrected chi connectivity index (χ0v) is 10.5. The first kappa shape index (κ1) is 13.6. The Labute approximate surface area is 107 Å². The molecule has 1 aromatic rings. The van der Waals surface area contributed by atoms with Gasteiger partial charge >= 0.3 is 0 Å². The van der Waals surface area contributed by atoms with Crippen LogP contribution in [0.2, 0.25) is 5.15 Å². The van der Waals surface area contributed by atoms with Crippen molar-refractivity contribution in [1.82, 2.24) is 14.9 Å². The lowest BCUT2D eigenvalue weighted by molar-refractivity contribution is 0.203. The molecule has 0 saturated carbocycles. The highest BCUT2D eigenvalue weighted by molar-refractivity contribution is 6.29. The molecule has 1 aromatic heterocycles. The molecule has 0 spiro atoms. The number of aromatic nitrogens is 2. The Morgan fingerprint density at radius 2 is 1.94 bits per heavy atom. The van der Waals surface area contributed by atoms with Gasteiger partial charge in [-0.25, -0.2) is 4.98 Å². The molecule has 2 heterocycles. The summed E-state index contributed by atoms with van der Waals surface area (Å²) in [4.78, 5) is 10.6. The summed E-state index contributed by atoms with van der Waals surface area (Å²) in [6.45, 7) is 2.82. The molecule has 1 saturated heterocycles. The first-order valence-corrected chi connectivity index (χ1v) is 5.57. The monoisotopic (exact) mass is 262 g/mol. The molecule has 0 radical (unpaired) electrons. The van der Waals surface area contributed by atoms with Gasteiger partial charge in [-0.05, 0) is 12.8 Å². The predicted octanol–water partition coefficient (Wildman–Crippen LogP) is 1.47. The fourth-order valence-corrected chi connectivity index (χ4v) is 1.94. The van der Waals surface area contributed by atoms with Crippen LogP contribution in [-0.2, 0) is 6.54 Å². The van der Waals surface area contributed by atoms with E-state index < -0.39 is 0 Å². The number of likely N-dealkylation sites (tertiary alicyclic amines) is 1. The first-order valence-electron chi connectivity index (χ1n) is 5.19. The summed E-state index contributed by atoms with van der Waals surface area (Å²) < 4.78 is 0. The van der Waals surface area contributed by atoms with Crippen molar-refractivity contribution < 1.29 is 0 Å². The molecular formula is C10H16Cl2N4. The van der Waals surface area contributed by atoms with E-state index in [9.17, 15) is 0 Å². The Morgan fingerprint density at radius 1 is 1.31 bits per heavy atom. The summed E-state index contributed by atoms with van der Waals surface area (Å²) >= 11 is 5.95. The molecule has 2 N–H and O–H groups in total. The van der Waals surface area contributed by atoms with Gasteiger partial charge in [0.15, 0.2) is 5.15 Å². The van der Waals surface area contributed by atoms with E-state index in [4.69, 9.17) is 17.3 Å². The van der Waals surface area contributed by atoms with E-state index in [1.54, 1.807) is 12.4 Å². The number of nitrogens with two attached hydrogens (primary N) is 1. The summed E-state index contributed by atoms with van der Waals surface area (Å²) in [6.07, 6.45) is 5.39. The first-order chi connectivity index (χ1) is 7.25. The minimum absolute atomic E-state index is 0. The lowest BCUT2D eigenvalue weighted by Gasteiger charge is -2.29. The van der Waals surface area contributed by atoms with Crippen LogP contribution < -0.4 is 5.73 Å². The molecule has 0 bridgehead atoms. The topological polar surface area (TPSA) is 55.0 Å². The zero-order chi connectivity index (χ0) is 10.7. The van der Waals surface area contributed by atoms with Gasteiger partial charge in [-0.3, -0.25) is 9.88 Å². The molecule has 6 heteroatoms. The van der Waals surface area contributed by atoms with E-state index in [0.29, 0.717) is 11.2 Å². The van der Waals surface area contributed by atoms with Crippen LogP contribution in [0.25, 0.3) is 0 Å². The van der Waals surface area contributed by atoms with Crippen molar-refractivity contribution in [2.75, 3.05) is 13.1 Å². The molecule has 1 aliphatic rings. The van der Waals surface area contributed by atoms with E-state index in [1.807, 2.05) is 0 Å². The van der Waals surface area contributed by atoms with Gasteiger partial charge in [0, 0.05) is 38.1 Å². The lowest BCUT2D eigenvalue weighted by atomic mass is 10.1. The van der Waals surface area contributed by atoms with Gasteiger partial charge in [-0.15, -0.1) is 12.4 Å². The van der Waals surface area contributed by atoms with E-state index in [-0.39, 0.29) is 12.4 Å². The molecule has 0 aromatic carbocycles. The van der Waals surface area contributed by atoms with E-state index in [1.165, 1.54) is 0 Å². The van der Waals surface area contributed by atoms with Crippen LogP contribution in [0.1, 0.15) is 18.5 Å². The number of rotatable bonds is 2. The fourth-order valence-electron chi connectivity index (χ4n) is 1.78. The second-order valence-electron chi connectivity index (χ2n) is 3.91. The van der Waals surface area contributed by atoms with Crippen molar-refractivity contribution in [3.63, 3.8) is 0 Å². The molecule has 0 aliphatic carbocycles. The normalized spacial score (nSPS) is 18.1. The Morgan fingerprint density at radius 3 is 2.56 bits per heavy atom. The Balaban J connectivity index is 0.00000128. The van der Waals surface area contributed by atoms with Crippen molar-refractivity contribution in [2.24, 2.45) is 5.73 Å². The third-order valence-electron chi connectivity index (χ3n) is 2.73. The molecule has 16 heavy (non-hydrogen) atoms. The molecule has 90 valence electrons. The lowest BCUT2D eigenvalue weighted by Crippen LogP contribution is -2.39. The summed E-state index contributed by atoms with van der Waals surface area (Å²) in [5.74, 6) is 0. The van der Waals surface area contributed by atoms with Crippen LogP contribution in [0.5, 0.6) is 0 Å². The van der Waals surface area contributed by atoms with Crippen LogP contribution >= 0.6 is 24.0 Å². The third-order valence-corrected chi connectivity index (χ3v) is 3.04. The Hall–Kier alpha value is -0.420. The average molecular weight is 263 g/mol. The Kier molecular flexibility index (Phi) is 5.41. The Bertz CT molecular complexity index is 326. The summed E-state index contributed by atoms with van der Waals surface area (Å²) in [6, 6.07) is 0.360. The molecule has 0 unspecified atom stereocenters. The largest absolute Gasteiger partial charge is 0.328 e. The second-order valence-corrected chi connectivity index (χ2v) is 4.27. The molecule has 0 amide bonds. The number of halogens is 2. The molecule has 2 rings (SSSR count). The standard InChI is InChI=1S/C10H15ClN4.ClH/c11-10-9(13-3-4-14-10)7-15-5-1-8(12)2-6-15;/h3-4,8H,1-2,5-7,12H2;1H. The van der Waals surface area contributed by atoms with Gasteiger partial charge in [0.2, 0.25) is 0 Å².